The van der Waals surface area contributed by atoms with Gasteiger partial charge in [0.05, 0.1) is 12.3 Å². The minimum absolute atomic E-state index is 0.108. The Kier molecular flexibility index (Phi) is 6.09. The zero-order valence-corrected chi connectivity index (χ0v) is 18.9. The zero-order valence-electron chi connectivity index (χ0n) is 18.1. The van der Waals surface area contributed by atoms with E-state index in [2.05, 4.69) is 67.2 Å². The summed E-state index contributed by atoms with van der Waals surface area (Å²) in [5.41, 5.74) is 4.96. The number of likely N-dealkylation sites (N-methyl/N-ethyl adjacent to an activating group) is 1. The van der Waals surface area contributed by atoms with Gasteiger partial charge >= 0.3 is 0 Å². The summed E-state index contributed by atoms with van der Waals surface area (Å²) in [6, 6.07) is 12.3. The number of piperazine rings is 1. The highest BCUT2D eigenvalue weighted by molar-refractivity contribution is 7.16. The van der Waals surface area contributed by atoms with Gasteiger partial charge in [0.2, 0.25) is 0 Å². The van der Waals surface area contributed by atoms with Gasteiger partial charge in [-0.25, -0.2) is 0 Å². The van der Waals surface area contributed by atoms with Crippen LogP contribution >= 0.6 is 11.3 Å². The molecule has 0 saturated carbocycles. The molecule has 1 unspecified atom stereocenters. The largest absolute Gasteiger partial charge is 0.459 e. The lowest BCUT2D eigenvalue weighted by Gasteiger charge is -2.39. The van der Waals surface area contributed by atoms with E-state index in [1.54, 1.807) is 23.5 Å². The number of carbonyl (C=O) groups excluding carboxylic acids is 1. The first-order chi connectivity index (χ1) is 14.4. The van der Waals surface area contributed by atoms with Crippen LogP contribution in [0.5, 0.6) is 0 Å². The van der Waals surface area contributed by atoms with Crippen molar-refractivity contribution in [3.05, 3.63) is 75.6 Å². The lowest BCUT2D eigenvalue weighted by atomic mass is 9.93. The van der Waals surface area contributed by atoms with E-state index in [0.29, 0.717) is 5.76 Å². The van der Waals surface area contributed by atoms with Gasteiger partial charge in [-0.15, -0.1) is 11.3 Å². The number of benzene rings is 1. The van der Waals surface area contributed by atoms with Gasteiger partial charge in [0.1, 0.15) is 5.00 Å². The highest BCUT2D eigenvalue weighted by atomic mass is 32.1. The molecule has 0 radical (unpaired) electrons. The summed E-state index contributed by atoms with van der Waals surface area (Å²) < 4.78 is 5.31. The lowest BCUT2D eigenvalue weighted by molar-refractivity contribution is 0.0996. The SMILES string of the molecule is Cc1ccc(C(c2c(NC(=O)c3ccco3)sc(C)c2C)N2CCN(C)CC2)cc1. The van der Waals surface area contributed by atoms with Gasteiger partial charge in [-0.2, -0.15) is 0 Å². The second kappa shape index (κ2) is 8.76. The fourth-order valence-electron chi connectivity index (χ4n) is 4.03. The third-order valence-electron chi connectivity index (χ3n) is 5.97. The molecule has 3 heterocycles. The van der Waals surface area contributed by atoms with Crippen LogP contribution in [0.1, 0.15) is 43.7 Å². The fourth-order valence-corrected chi connectivity index (χ4v) is 5.12. The van der Waals surface area contributed by atoms with E-state index in [4.69, 9.17) is 4.42 Å². The van der Waals surface area contributed by atoms with Crippen LogP contribution in [0.3, 0.4) is 0 Å². The Bertz CT molecular complexity index is 1000. The maximum atomic E-state index is 12.8. The second-order valence-corrected chi connectivity index (χ2v) is 9.33. The van der Waals surface area contributed by atoms with Crippen molar-refractivity contribution in [1.29, 1.82) is 0 Å². The molecule has 1 fully saturated rings. The number of hydrogen-bond acceptors (Lipinski definition) is 5. The van der Waals surface area contributed by atoms with Crippen LogP contribution in [0.25, 0.3) is 0 Å². The van der Waals surface area contributed by atoms with Crippen LogP contribution in [0.2, 0.25) is 0 Å². The molecule has 1 N–H and O–H groups in total. The minimum Gasteiger partial charge on any atom is -0.459 e. The highest BCUT2D eigenvalue weighted by Crippen LogP contribution is 2.42. The van der Waals surface area contributed by atoms with E-state index in [1.807, 2.05) is 0 Å². The van der Waals surface area contributed by atoms with E-state index in [1.165, 1.54) is 33.4 Å². The predicted octanol–water partition coefficient (Wildman–Crippen LogP) is 4.86. The van der Waals surface area contributed by atoms with Crippen LogP contribution in [0.15, 0.2) is 47.1 Å². The summed E-state index contributed by atoms with van der Waals surface area (Å²) in [5, 5.41) is 4.05. The van der Waals surface area contributed by atoms with Gasteiger partial charge in [-0.1, -0.05) is 29.8 Å². The van der Waals surface area contributed by atoms with Gasteiger partial charge in [0, 0.05) is 36.6 Å². The molecule has 5 nitrogen and oxygen atoms in total. The van der Waals surface area contributed by atoms with Gasteiger partial charge in [0.15, 0.2) is 5.76 Å². The number of carbonyl (C=O) groups is 1. The summed E-state index contributed by atoms with van der Waals surface area (Å²) in [7, 11) is 2.17. The van der Waals surface area contributed by atoms with Crippen molar-refractivity contribution in [1.82, 2.24) is 9.80 Å². The molecule has 1 amide bonds. The number of nitrogens with zero attached hydrogens (tertiary/aromatic N) is 2. The summed E-state index contributed by atoms with van der Waals surface area (Å²) in [6.07, 6.45) is 1.53. The standard InChI is InChI=1S/C24H29N3O2S/c1-16-7-9-19(10-8-16)22(27-13-11-26(4)12-14-27)21-17(2)18(3)30-24(21)25-23(28)20-6-5-15-29-20/h5-10,15,22H,11-14H2,1-4H3,(H,25,28). The number of rotatable bonds is 5. The molecule has 6 heteroatoms. The summed E-state index contributed by atoms with van der Waals surface area (Å²) in [5.74, 6) is 0.125. The van der Waals surface area contributed by atoms with Crippen molar-refractivity contribution in [2.75, 3.05) is 38.5 Å². The summed E-state index contributed by atoms with van der Waals surface area (Å²) in [6.45, 7) is 10.5. The number of thiophene rings is 1. The minimum atomic E-state index is -0.205. The highest BCUT2D eigenvalue weighted by Gasteiger charge is 2.31. The molecule has 1 aliphatic rings. The van der Waals surface area contributed by atoms with Crippen molar-refractivity contribution in [3.8, 4) is 0 Å². The molecule has 1 aromatic carbocycles. The fraction of sp³-hybridized carbons (Fsp3) is 0.375. The number of amides is 1. The van der Waals surface area contributed by atoms with E-state index in [0.717, 1.165) is 31.2 Å². The molecule has 4 rings (SSSR count). The van der Waals surface area contributed by atoms with E-state index >= 15 is 0 Å². The Balaban J connectivity index is 1.76. The maximum Gasteiger partial charge on any atom is 0.291 e. The third kappa shape index (κ3) is 4.21. The van der Waals surface area contributed by atoms with Crippen LogP contribution in [0, 0.1) is 20.8 Å². The molecule has 1 atom stereocenters. The maximum absolute atomic E-state index is 12.8. The zero-order chi connectivity index (χ0) is 21.3. The average Bonchev–Trinajstić information content (AvgIpc) is 3.36. The van der Waals surface area contributed by atoms with Crippen LogP contribution in [-0.2, 0) is 0 Å². The molecule has 0 aliphatic carbocycles. The Morgan fingerprint density at radius 1 is 1.07 bits per heavy atom. The first-order valence-electron chi connectivity index (χ1n) is 10.4. The normalized spacial score (nSPS) is 16.5. The number of anilines is 1. The van der Waals surface area contributed by atoms with E-state index < -0.39 is 0 Å². The molecule has 0 bridgehead atoms. The molecule has 1 saturated heterocycles. The summed E-state index contributed by atoms with van der Waals surface area (Å²) >= 11 is 1.65. The Hall–Kier alpha value is -2.41. The lowest BCUT2D eigenvalue weighted by Crippen LogP contribution is -2.46. The van der Waals surface area contributed by atoms with Gasteiger partial charge in [-0.3, -0.25) is 9.69 Å². The monoisotopic (exact) mass is 423 g/mol. The van der Waals surface area contributed by atoms with Crippen molar-refractivity contribution < 1.29 is 9.21 Å². The van der Waals surface area contributed by atoms with Crippen molar-refractivity contribution >= 4 is 22.2 Å². The van der Waals surface area contributed by atoms with E-state index in [-0.39, 0.29) is 11.9 Å². The Morgan fingerprint density at radius 2 is 1.77 bits per heavy atom. The van der Waals surface area contributed by atoms with Gasteiger partial charge in [0.25, 0.3) is 5.91 Å². The number of nitrogens with one attached hydrogen (secondary N) is 1. The molecule has 158 valence electrons. The molecule has 3 aromatic rings. The average molecular weight is 424 g/mol. The van der Waals surface area contributed by atoms with Gasteiger partial charge < -0.3 is 14.6 Å². The van der Waals surface area contributed by atoms with Crippen LogP contribution in [-0.4, -0.2) is 48.9 Å². The van der Waals surface area contributed by atoms with Crippen molar-refractivity contribution in [2.24, 2.45) is 0 Å². The van der Waals surface area contributed by atoms with Crippen LogP contribution < -0.4 is 5.32 Å². The number of aryl methyl sites for hydroxylation is 2. The smallest absolute Gasteiger partial charge is 0.291 e. The quantitative estimate of drug-likeness (QED) is 0.637. The predicted molar refractivity (Wildman–Crippen MR) is 123 cm³/mol. The molecule has 30 heavy (non-hydrogen) atoms. The molecule has 0 spiro atoms. The molecule has 2 aromatic heterocycles. The first-order valence-corrected chi connectivity index (χ1v) is 11.2. The first kappa shape index (κ1) is 20.8. The molecular formula is C24H29N3O2S. The molecular weight excluding hydrogens is 394 g/mol. The van der Waals surface area contributed by atoms with E-state index in [9.17, 15) is 4.79 Å². The number of hydrogen-bond donors (Lipinski definition) is 1. The van der Waals surface area contributed by atoms with Gasteiger partial charge in [-0.05, 0) is 51.1 Å². The topological polar surface area (TPSA) is 48.7 Å². The Morgan fingerprint density at radius 3 is 2.40 bits per heavy atom. The Labute approximate surface area is 182 Å². The van der Waals surface area contributed by atoms with Crippen molar-refractivity contribution in [2.45, 2.75) is 26.8 Å². The summed E-state index contributed by atoms with van der Waals surface area (Å²) in [4.78, 5) is 18.9. The molecule has 1 aliphatic heterocycles. The third-order valence-corrected chi connectivity index (χ3v) is 7.11. The van der Waals surface area contributed by atoms with Crippen LogP contribution in [0.4, 0.5) is 5.00 Å². The van der Waals surface area contributed by atoms with Crippen molar-refractivity contribution in [3.63, 3.8) is 0 Å². The second-order valence-electron chi connectivity index (χ2n) is 8.11. The number of furan rings is 1.